The topological polar surface area (TPSA) is 58.0 Å². The van der Waals surface area contributed by atoms with Crippen LogP contribution in [0.15, 0.2) is 41.1 Å². The molecule has 7 heteroatoms. The van der Waals surface area contributed by atoms with Gasteiger partial charge in [0.05, 0.1) is 5.69 Å². The number of halogens is 1. The Kier molecular flexibility index (Phi) is 4.18. The molecule has 2 aromatic heterocycles. The lowest BCUT2D eigenvalue weighted by Gasteiger charge is -2.27. The molecule has 0 bridgehead atoms. The highest BCUT2D eigenvalue weighted by Gasteiger charge is 2.18. The molecule has 0 radical (unpaired) electrons. The number of fused-ring (bicyclic) bond motifs is 1. The van der Waals surface area contributed by atoms with Crippen LogP contribution in [0.3, 0.4) is 0 Å². The Morgan fingerprint density at radius 2 is 2.12 bits per heavy atom. The molecular weight excluding hydrogens is 344 g/mol. The Morgan fingerprint density at radius 3 is 2.96 bits per heavy atom. The van der Waals surface area contributed by atoms with Crippen LogP contribution in [-0.2, 0) is 19.5 Å². The summed E-state index contributed by atoms with van der Waals surface area (Å²) in [5.41, 5.74) is 4.27. The van der Waals surface area contributed by atoms with Gasteiger partial charge in [0.2, 0.25) is 0 Å². The van der Waals surface area contributed by atoms with Crippen molar-refractivity contribution in [3.05, 3.63) is 63.3 Å². The summed E-state index contributed by atoms with van der Waals surface area (Å²) in [6.45, 7) is 2.52. The predicted molar refractivity (Wildman–Crippen MR) is 94.2 cm³/mol. The van der Waals surface area contributed by atoms with Crippen LogP contribution in [0.25, 0.3) is 11.3 Å². The molecule has 3 heterocycles. The molecular formula is C17H15ClN4OS. The average molecular weight is 359 g/mol. The van der Waals surface area contributed by atoms with Crippen LogP contribution in [0.2, 0.25) is 5.02 Å². The molecule has 24 heavy (non-hydrogen) atoms. The molecule has 3 aromatic rings. The van der Waals surface area contributed by atoms with Crippen LogP contribution in [0.1, 0.15) is 17.0 Å². The number of nitrogens with one attached hydrogen (secondary N) is 1. The molecule has 0 atom stereocenters. The second-order valence-electron chi connectivity index (χ2n) is 5.84. The van der Waals surface area contributed by atoms with E-state index in [4.69, 9.17) is 28.3 Å². The van der Waals surface area contributed by atoms with E-state index in [9.17, 15) is 0 Å². The third kappa shape index (κ3) is 3.26. The Hall–Kier alpha value is -2.02. The van der Waals surface area contributed by atoms with Gasteiger partial charge in [-0.15, -0.1) is 0 Å². The van der Waals surface area contributed by atoms with Crippen molar-refractivity contribution in [1.29, 1.82) is 0 Å². The van der Waals surface area contributed by atoms with Gasteiger partial charge in [-0.2, -0.15) is 0 Å². The average Bonchev–Trinajstić information content (AvgIpc) is 3.04. The van der Waals surface area contributed by atoms with Crippen molar-refractivity contribution >= 4 is 23.8 Å². The van der Waals surface area contributed by atoms with Crippen molar-refractivity contribution in [2.45, 2.75) is 19.5 Å². The third-order valence-electron chi connectivity index (χ3n) is 4.13. The number of aromatic nitrogens is 3. The normalized spacial score (nSPS) is 14.5. The zero-order chi connectivity index (χ0) is 16.5. The van der Waals surface area contributed by atoms with Crippen molar-refractivity contribution in [3.8, 4) is 11.3 Å². The summed E-state index contributed by atoms with van der Waals surface area (Å²) in [7, 11) is 0. The highest BCUT2D eigenvalue weighted by Crippen LogP contribution is 2.24. The minimum absolute atomic E-state index is 0.548. The van der Waals surface area contributed by atoms with E-state index in [-0.39, 0.29) is 0 Å². The van der Waals surface area contributed by atoms with Crippen LogP contribution >= 0.6 is 23.8 Å². The molecule has 1 aliphatic heterocycles. The van der Waals surface area contributed by atoms with E-state index < -0.39 is 0 Å². The summed E-state index contributed by atoms with van der Waals surface area (Å²) in [5, 5.41) is 4.90. The largest absolute Gasteiger partial charge is 0.356 e. The number of aromatic amines is 1. The zero-order valence-electron chi connectivity index (χ0n) is 12.8. The van der Waals surface area contributed by atoms with Crippen molar-refractivity contribution in [1.82, 2.24) is 20.0 Å². The number of rotatable bonds is 3. The fourth-order valence-corrected chi connectivity index (χ4v) is 3.21. The van der Waals surface area contributed by atoms with Gasteiger partial charge in [0.1, 0.15) is 0 Å². The van der Waals surface area contributed by atoms with E-state index in [1.54, 1.807) is 0 Å². The molecule has 1 N–H and O–H groups in total. The molecule has 0 saturated heterocycles. The number of H-pyrrole nitrogens is 1. The molecule has 0 unspecified atom stereocenters. The number of benzene rings is 1. The summed E-state index contributed by atoms with van der Waals surface area (Å²) < 4.78 is 6.01. The first kappa shape index (κ1) is 15.5. The molecule has 0 amide bonds. The number of hydrogen-bond acceptors (Lipinski definition) is 5. The van der Waals surface area contributed by atoms with Crippen LogP contribution in [0, 0.1) is 4.77 Å². The number of hydrogen-bond donors (Lipinski definition) is 1. The minimum atomic E-state index is 0.548. The first-order chi connectivity index (χ1) is 11.7. The summed E-state index contributed by atoms with van der Waals surface area (Å²) in [4.78, 5) is 9.67. The van der Waals surface area contributed by atoms with Crippen LogP contribution in [0.5, 0.6) is 0 Å². The van der Waals surface area contributed by atoms with E-state index in [2.05, 4.69) is 20.0 Å². The lowest BCUT2D eigenvalue weighted by Crippen LogP contribution is -2.30. The van der Waals surface area contributed by atoms with Crippen molar-refractivity contribution < 1.29 is 4.52 Å². The number of nitrogens with zero attached hydrogens (tertiary/aromatic N) is 3. The van der Waals surface area contributed by atoms with Crippen molar-refractivity contribution in [2.24, 2.45) is 0 Å². The third-order valence-corrected chi connectivity index (χ3v) is 4.59. The fraction of sp³-hybridized carbons (Fsp3) is 0.235. The molecule has 0 spiro atoms. The Bertz CT molecular complexity index is 919. The van der Waals surface area contributed by atoms with Gasteiger partial charge in [-0.05, 0) is 36.5 Å². The summed E-state index contributed by atoms with van der Waals surface area (Å²) in [5.74, 6) is 0.754. The zero-order valence-corrected chi connectivity index (χ0v) is 14.4. The Morgan fingerprint density at radius 1 is 1.29 bits per heavy atom. The first-order valence-electron chi connectivity index (χ1n) is 7.68. The molecule has 1 aromatic carbocycles. The maximum Gasteiger partial charge on any atom is 0.196 e. The summed E-state index contributed by atoms with van der Waals surface area (Å²) in [6.07, 6.45) is 2.80. The van der Waals surface area contributed by atoms with Crippen LogP contribution in [-0.4, -0.2) is 26.6 Å². The van der Waals surface area contributed by atoms with Crippen LogP contribution in [0.4, 0.5) is 0 Å². The quantitative estimate of drug-likeness (QED) is 0.717. The first-order valence-corrected chi connectivity index (χ1v) is 8.47. The van der Waals surface area contributed by atoms with Gasteiger partial charge in [-0.1, -0.05) is 16.8 Å². The molecule has 1 aliphatic rings. The second kappa shape index (κ2) is 6.47. The lowest BCUT2D eigenvalue weighted by molar-refractivity contribution is 0.235. The van der Waals surface area contributed by atoms with Gasteiger partial charge in [0.15, 0.2) is 10.5 Å². The minimum Gasteiger partial charge on any atom is -0.356 e. The summed E-state index contributed by atoms with van der Waals surface area (Å²) in [6, 6.07) is 9.53. The predicted octanol–water partition coefficient (Wildman–Crippen LogP) is 4.01. The van der Waals surface area contributed by atoms with Gasteiger partial charge < -0.3 is 9.51 Å². The molecule has 0 aliphatic carbocycles. The molecule has 5 nitrogen and oxygen atoms in total. The maximum absolute atomic E-state index is 5.92. The van der Waals surface area contributed by atoms with Crippen molar-refractivity contribution in [2.75, 3.05) is 6.54 Å². The standard InChI is InChI=1S/C17H15ClN4OS/c18-13-3-1-11(2-4-13)16-7-14(21-23-16)10-22-6-5-15-12(9-22)8-19-17(24)20-15/h1-4,7-8H,5-6,9-10H2,(H,19,20,24). The highest BCUT2D eigenvalue weighted by atomic mass is 35.5. The van der Waals surface area contributed by atoms with Gasteiger partial charge in [-0.25, -0.2) is 4.98 Å². The Balaban J connectivity index is 1.48. The summed E-state index contributed by atoms with van der Waals surface area (Å²) >= 11 is 11.0. The van der Waals surface area contributed by atoms with Crippen LogP contribution < -0.4 is 0 Å². The maximum atomic E-state index is 5.92. The second-order valence-corrected chi connectivity index (χ2v) is 6.67. The fourth-order valence-electron chi connectivity index (χ4n) is 2.91. The SMILES string of the molecule is S=c1ncc2c([nH]1)CCN(Cc1cc(-c3ccc(Cl)cc3)on1)C2. The van der Waals surface area contributed by atoms with E-state index in [1.165, 1.54) is 11.3 Å². The van der Waals surface area contributed by atoms with E-state index in [1.807, 2.05) is 36.5 Å². The van der Waals surface area contributed by atoms with Crippen molar-refractivity contribution in [3.63, 3.8) is 0 Å². The van der Waals surface area contributed by atoms with Gasteiger partial charge >= 0.3 is 0 Å². The van der Waals surface area contributed by atoms with E-state index >= 15 is 0 Å². The van der Waals surface area contributed by atoms with Gasteiger partial charge in [0, 0.05) is 60.2 Å². The molecule has 0 saturated carbocycles. The molecule has 4 rings (SSSR count). The van der Waals surface area contributed by atoms with E-state index in [0.29, 0.717) is 9.79 Å². The Labute approximate surface area is 149 Å². The van der Waals surface area contributed by atoms with Gasteiger partial charge in [0.25, 0.3) is 0 Å². The monoisotopic (exact) mass is 358 g/mol. The van der Waals surface area contributed by atoms with E-state index in [0.717, 1.165) is 43.1 Å². The molecule has 0 fully saturated rings. The smallest absolute Gasteiger partial charge is 0.196 e. The highest BCUT2D eigenvalue weighted by molar-refractivity contribution is 7.71. The van der Waals surface area contributed by atoms with Gasteiger partial charge in [-0.3, -0.25) is 4.90 Å². The molecule has 122 valence electrons. The lowest BCUT2D eigenvalue weighted by atomic mass is 10.1.